The van der Waals surface area contributed by atoms with Crippen LogP contribution in [0, 0.1) is 56.2 Å². The molecule has 1 aromatic heterocycles. The van der Waals surface area contributed by atoms with E-state index in [9.17, 15) is 5.11 Å². The van der Waals surface area contributed by atoms with Gasteiger partial charge < -0.3 is 14.3 Å². The SMILES string of the molecule is CC1(C)CC[C@]23CC[C@]4(C)[C@H](CC[C@@H]5[C@@]6(C)C/C(=C\c7ccco7)[C@H](O)C(C)(C)[C@@H]6CC[C@]54C)[C@H]2[C@H]1OC3. The average Bonchev–Trinajstić information content (AvgIpc) is 3.47. The van der Waals surface area contributed by atoms with Gasteiger partial charge in [-0.05, 0) is 138 Å². The molecule has 0 spiro atoms. The Hall–Kier alpha value is -1.06. The Morgan fingerprint density at radius 3 is 2.37 bits per heavy atom. The molecule has 0 unspecified atom stereocenters. The van der Waals surface area contributed by atoms with Gasteiger partial charge in [-0.25, -0.2) is 0 Å². The van der Waals surface area contributed by atoms with Gasteiger partial charge in [-0.15, -0.1) is 0 Å². The van der Waals surface area contributed by atoms with Crippen molar-refractivity contribution in [1.29, 1.82) is 0 Å². The van der Waals surface area contributed by atoms with E-state index < -0.39 is 6.10 Å². The average molecular weight is 521 g/mol. The summed E-state index contributed by atoms with van der Waals surface area (Å²) >= 11 is 0. The molecule has 0 radical (unpaired) electrons. The summed E-state index contributed by atoms with van der Waals surface area (Å²) < 4.78 is 12.5. The second kappa shape index (κ2) is 7.81. The van der Waals surface area contributed by atoms with Gasteiger partial charge in [0, 0.05) is 0 Å². The maximum atomic E-state index is 11.7. The predicted octanol–water partition coefficient (Wildman–Crippen LogP) is 8.52. The van der Waals surface area contributed by atoms with Crippen LogP contribution < -0.4 is 0 Å². The number of fused-ring (bicyclic) bond motifs is 5. The monoisotopic (exact) mass is 520 g/mol. The summed E-state index contributed by atoms with van der Waals surface area (Å²) in [4.78, 5) is 0. The lowest BCUT2D eigenvalue weighted by Crippen LogP contribution is -2.68. The zero-order valence-corrected chi connectivity index (χ0v) is 25.1. The quantitative estimate of drug-likeness (QED) is 0.403. The molecule has 10 atom stereocenters. The second-order valence-corrected chi connectivity index (χ2v) is 16.9. The molecule has 1 N–H and O–H groups in total. The Morgan fingerprint density at radius 1 is 0.868 bits per heavy atom. The van der Waals surface area contributed by atoms with Gasteiger partial charge in [-0.2, -0.15) is 0 Å². The molecule has 210 valence electrons. The van der Waals surface area contributed by atoms with E-state index in [0.717, 1.165) is 30.6 Å². The fourth-order valence-electron chi connectivity index (χ4n) is 12.7. The van der Waals surface area contributed by atoms with E-state index >= 15 is 0 Å². The van der Waals surface area contributed by atoms with Crippen molar-refractivity contribution in [3.05, 3.63) is 29.7 Å². The van der Waals surface area contributed by atoms with Crippen LogP contribution in [0.2, 0.25) is 0 Å². The van der Waals surface area contributed by atoms with Gasteiger partial charge >= 0.3 is 0 Å². The Labute approximate surface area is 231 Å². The van der Waals surface area contributed by atoms with Gasteiger partial charge in [0.2, 0.25) is 0 Å². The molecule has 1 aliphatic heterocycles. The summed E-state index contributed by atoms with van der Waals surface area (Å²) in [6.07, 6.45) is 15.6. The van der Waals surface area contributed by atoms with Gasteiger partial charge in [0.1, 0.15) is 5.76 Å². The zero-order valence-electron chi connectivity index (χ0n) is 25.1. The topological polar surface area (TPSA) is 42.6 Å². The fraction of sp³-hybridized carbons (Fsp3) is 0.829. The normalized spacial score (nSPS) is 53.5. The van der Waals surface area contributed by atoms with Crippen molar-refractivity contribution in [2.24, 2.45) is 56.2 Å². The van der Waals surface area contributed by atoms with E-state index in [2.05, 4.69) is 54.5 Å². The fourth-order valence-corrected chi connectivity index (χ4v) is 12.7. The van der Waals surface area contributed by atoms with Gasteiger partial charge in [-0.1, -0.05) is 48.5 Å². The molecule has 3 heteroatoms. The molecule has 0 aromatic carbocycles. The summed E-state index contributed by atoms with van der Waals surface area (Å²) in [5.74, 6) is 3.63. The number of rotatable bonds is 1. The lowest BCUT2D eigenvalue weighted by atomic mass is 9.31. The molecule has 6 aliphatic rings. The maximum absolute atomic E-state index is 11.7. The standard InChI is InChI=1S/C35H52O3/c1-30(2)14-16-35-17-15-33(6)24(27(35)29(30)38-21-35)10-11-26-32(5)20-22(19-23-9-8-18-37-23)28(36)31(3,4)25(32)12-13-34(26,33)7/h8-9,18-19,24-29,36H,10-17,20-21H2,1-7H3/b22-19+/t24-,25+,26-,27+,28+,29-,32+,33-,34-,35-/m1/s1. The molecular weight excluding hydrogens is 468 g/mol. The Balaban J connectivity index is 1.28. The third-order valence-corrected chi connectivity index (χ3v) is 14.8. The molecule has 5 aliphatic carbocycles. The molecule has 5 saturated carbocycles. The number of aliphatic hydroxyl groups is 1. The van der Waals surface area contributed by atoms with Crippen molar-refractivity contribution in [3.63, 3.8) is 0 Å². The third-order valence-electron chi connectivity index (χ3n) is 14.8. The number of hydrogen-bond acceptors (Lipinski definition) is 3. The maximum Gasteiger partial charge on any atom is 0.126 e. The van der Waals surface area contributed by atoms with Crippen molar-refractivity contribution in [2.45, 2.75) is 118 Å². The number of ether oxygens (including phenoxy) is 1. The Bertz CT molecular complexity index is 1130. The van der Waals surface area contributed by atoms with E-state index in [4.69, 9.17) is 9.15 Å². The second-order valence-electron chi connectivity index (χ2n) is 16.9. The smallest absolute Gasteiger partial charge is 0.126 e. The highest BCUT2D eigenvalue weighted by molar-refractivity contribution is 5.50. The van der Waals surface area contributed by atoms with Crippen LogP contribution in [-0.2, 0) is 4.74 Å². The van der Waals surface area contributed by atoms with Crippen LogP contribution in [0.4, 0.5) is 0 Å². The lowest BCUT2D eigenvalue weighted by Gasteiger charge is -2.73. The van der Waals surface area contributed by atoms with Crippen LogP contribution >= 0.6 is 0 Å². The van der Waals surface area contributed by atoms with Crippen LogP contribution in [0.1, 0.15) is 112 Å². The summed E-state index contributed by atoms with van der Waals surface area (Å²) in [7, 11) is 0. The van der Waals surface area contributed by atoms with Crippen molar-refractivity contribution in [1.82, 2.24) is 0 Å². The van der Waals surface area contributed by atoms with Crippen LogP contribution in [-0.4, -0.2) is 23.9 Å². The molecule has 2 heterocycles. The molecule has 0 amide bonds. The van der Waals surface area contributed by atoms with Crippen LogP contribution in [0.5, 0.6) is 0 Å². The molecule has 2 bridgehead atoms. The highest BCUT2D eigenvalue weighted by atomic mass is 16.5. The predicted molar refractivity (Wildman–Crippen MR) is 152 cm³/mol. The van der Waals surface area contributed by atoms with Crippen LogP contribution in [0.25, 0.3) is 6.08 Å². The van der Waals surface area contributed by atoms with Crippen molar-refractivity contribution in [3.8, 4) is 0 Å². The Kier molecular flexibility index (Phi) is 5.32. The summed E-state index contributed by atoms with van der Waals surface area (Å²) in [6.45, 7) is 18.7. The zero-order chi connectivity index (χ0) is 26.9. The highest BCUT2D eigenvalue weighted by Gasteiger charge is 2.73. The van der Waals surface area contributed by atoms with E-state index in [-0.39, 0.29) is 10.8 Å². The molecule has 1 saturated heterocycles. The molecule has 7 rings (SSSR count). The Morgan fingerprint density at radius 2 is 1.63 bits per heavy atom. The van der Waals surface area contributed by atoms with Gasteiger partial charge in [-0.3, -0.25) is 0 Å². The van der Waals surface area contributed by atoms with Crippen molar-refractivity contribution >= 4 is 6.08 Å². The van der Waals surface area contributed by atoms with E-state index in [0.29, 0.717) is 39.6 Å². The molecular formula is C35H52O3. The van der Waals surface area contributed by atoms with Gasteiger partial charge in [0.15, 0.2) is 0 Å². The van der Waals surface area contributed by atoms with E-state index in [1.165, 1.54) is 56.9 Å². The minimum Gasteiger partial charge on any atom is -0.465 e. The van der Waals surface area contributed by atoms with Crippen molar-refractivity contribution < 1.29 is 14.3 Å². The number of aliphatic hydroxyl groups excluding tert-OH is 1. The summed E-state index contributed by atoms with van der Waals surface area (Å²) in [6, 6.07) is 3.98. The summed E-state index contributed by atoms with van der Waals surface area (Å²) in [5.41, 5.74) is 2.69. The number of furan rings is 1. The first-order valence-electron chi connectivity index (χ1n) is 15.8. The van der Waals surface area contributed by atoms with Crippen LogP contribution in [0.3, 0.4) is 0 Å². The highest BCUT2D eigenvalue weighted by Crippen LogP contribution is 2.78. The first-order valence-corrected chi connectivity index (χ1v) is 15.8. The first kappa shape index (κ1) is 25.9. The number of hydrogen-bond donors (Lipinski definition) is 1. The van der Waals surface area contributed by atoms with Gasteiger partial charge in [0.05, 0.1) is 25.1 Å². The molecule has 38 heavy (non-hydrogen) atoms. The van der Waals surface area contributed by atoms with Crippen LogP contribution in [0.15, 0.2) is 28.4 Å². The first-order chi connectivity index (χ1) is 17.8. The summed E-state index contributed by atoms with van der Waals surface area (Å²) in [5, 5.41) is 11.7. The van der Waals surface area contributed by atoms with E-state index in [1.54, 1.807) is 6.26 Å². The molecule has 6 fully saturated rings. The largest absolute Gasteiger partial charge is 0.465 e. The molecule has 3 nitrogen and oxygen atoms in total. The third kappa shape index (κ3) is 3.05. The van der Waals surface area contributed by atoms with Gasteiger partial charge in [0.25, 0.3) is 0 Å². The lowest BCUT2D eigenvalue weighted by molar-refractivity contribution is -0.245. The van der Waals surface area contributed by atoms with E-state index in [1.807, 2.05) is 12.1 Å². The minimum absolute atomic E-state index is 0.137. The molecule has 1 aromatic rings. The van der Waals surface area contributed by atoms with Crippen molar-refractivity contribution in [2.75, 3.05) is 6.61 Å². The minimum atomic E-state index is -0.409.